The SMILES string of the molecule is COc1cccc2c1C(=O)c1c(O)c3c(c(O)c1C2=O)C[C@@](O)(C(C)=O)C[C@@H]3O[C@H]1C[C@@H](NC(=O)OCc2ccccc2O[C@H]2O[C@@H](CO)[C@H](O)[C@H](O)[C@@H]2O)[C@H](O)[C@H](C)O1. The van der Waals surface area contributed by atoms with Crippen molar-refractivity contribution in [1.29, 1.82) is 0 Å². The van der Waals surface area contributed by atoms with E-state index in [9.17, 15) is 60.0 Å². The zero-order valence-corrected chi connectivity index (χ0v) is 32.5. The molecule has 0 bridgehead atoms. The second kappa shape index (κ2) is 16.7. The number of phenols is 2. The number of nitrogens with one attached hydrogen (secondary N) is 1. The van der Waals surface area contributed by atoms with Crippen LogP contribution in [-0.2, 0) is 36.8 Å². The molecule has 19 nitrogen and oxygen atoms in total. The number of para-hydroxylation sites is 1. The number of aliphatic hydroxyl groups excluding tert-OH is 5. The predicted octanol–water partition coefficient (Wildman–Crippen LogP) is 0.175. The van der Waals surface area contributed by atoms with E-state index in [1.54, 1.807) is 12.1 Å². The van der Waals surface area contributed by atoms with Crippen LogP contribution < -0.4 is 14.8 Å². The molecule has 3 aromatic carbocycles. The third-order valence-electron chi connectivity index (χ3n) is 11.5. The Morgan fingerprint density at radius 3 is 2.28 bits per heavy atom. The maximum absolute atomic E-state index is 14.0. The summed E-state index contributed by atoms with van der Waals surface area (Å²) in [6.45, 7) is 1.54. The van der Waals surface area contributed by atoms with Gasteiger partial charge >= 0.3 is 6.09 Å². The standard InChI is InChI=1S/C41H45NO18/c1-16-31(45)21(42-40(53)56-15-18-7-4-5-9-22(18)59-39-38(52)37(51)34(48)25(14-43)60-39)11-26(57-16)58-24-13-41(54,17(2)44)12-20-28(24)36(50)30-29(33(20)47)32(46)19-8-6-10-23(55-3)27(19)35(30)49/h4-10,16,21,24-26,31,34,37-39,43,45,47-48,50-52,54H,11-15H2,1-3H3,(H,42,53)/t16-,21+,24-,25-,26-,31+,34-,37-,38-,39-,41-/m0/s1. The lowest BCUT2D eigenvalue weighted by molar-refractivity contribution is -0.277. The van der Waals surface area contributed by atoms with Gasteiger partial charge in [-0.05, 0) is 26.0 Å². The average molecular weight is 840 g/mol. The van der Waals surface area contributed by atoms with E-state index in [1.807, 2.05) is 0 Å². The number of hydrogen-bond acceptors (Lipinski definition) is 18. The van der Waals surface area contributed by atoms with Crippen LogP contribution in [-0.4, -0.2) is 139 Å². The van der Waals surface area contributed by atoms with Crippen LogP contribution in [0.15, 0.2) is 42.5 Å². The molecule has 1 amide bonds. The topological polar surface area (TPSA) is 298 Å². The van der Waals surface area contributed by atoms with E-state index in [2.05, 4.69) is 5.32 Å². The second-order valence-corrected chi connectivity index (χ2v) is 15.2. The number of phenolic OH excluding ortho intramolecular Hbond substituents is 2. The number of alkyl carbamates (subject to hydrolysis) is 1. The summed E-state index contributed by atoms with van der Waals surface area (Å²) in [7, 11) is 1.30. The highest BCUT2D eigenvalue weighted by Crippen LogP contribution is 2.52. The van der Waals surface area contributed by atoms with Crippen LogP contribution in [0.4, 0.5) is 4.79 Å². The molecule has 2 aliphatic carbocycles. The van der Waals surface area contributed by atoms with Gasteiger partial charge in [-0.25, -0.2) is 4.79 Å². The molecule has 0 unspecified atom stereocenters. The Bertz CT molecular complexity index is 2190. The van der Waals surface area contributed by atoms with Gasteiger partial charge in [-0.1, -0.05) is 30.3 Å². The highest BCUT2D eigenvalue weighted by Gasteiger charge is 2.50. The summed E-state index contributed by atoms with van der Waals surface area (Å²) in [5.74, 6) is -3.66. The molecule has 4 aliphatic rings. The third kappa shape index (κ3) is 7.56. The second-order valence-electron chi connectivity index (χ2n) is 15.2. The monoisotopic (exact) mass is 839 g/mol. The van der Waals surface area contributed by atoms with E-state index in [-0.39, 0.29) is 45.7 Å². The zero-order valence-electron chi connectivity index (χ0n) is 32.5. The molecule has 19 heteroatoms. The quantitative estimate of drug-likeness (QED) is 0.0962. The number of aromatic hydroxyl groups is 2. The van der Waals surface area contributed by atoms with Gasteiger partial charge < -0.3 is 74.6 Å². The van der Waals surface area contributed by atoms with Crippen LogP contribution in [0.2, 0.25) is 0 Å². The van der Waals surface area contributed by atoms with Crippen molar-refractivity contribution in [2.24, 2.45) is 0 Å². The summed E-state index contributed by atoms with van der Waals surface area (Å²) in [6.07, 6.45) is -15.0. The molecule has 3 aromatic rings. The number of benzene rings is 3. The molecule has 2 saturated heterocycles. The lowest BCUT2D eigenvalue weighted by Gasteiger charge is -2.42. The molecule has 60 heavy (non-hydrogen) atoms. The molecular formula is C41H45NO18. The van der Waals surface area contributed by atoms with E-state index in [0.29, 0.717) is 0 Å². The number of rotatable bonds is 10. The minimum atomic E-state index is -2.16. The molecule has 2 heterocycles. The smallest absolute Gasteiger partial charge is 0.407 e. The van der Waals surface area contributed by atoms with E-state index in [0.717, 1.165) is 6.92 Å². The number of hydrogen-bond donors (Lipinski definition) is 9. The van der Waals surface area contributed by atoms with Crippen LogP contribution in [0.25, 0.3) is 0 Å². The first-order valence-corrected chi connectivity index (χ1v) is 19.1. The Morgan fingerprint density at radius 1 is 0.883 bits per heavy atom. The Balaban J connectivity index is 1.10. The fourth-order valence-corrected chi connectivity index (χ4v) is 8.13. The van der Waals surface area contributed by atoms with Gasteiger partial charge in [-0.2, -0.15) is 0 Å². The third-order valence-corrected chi connectivity index (χ3v) is 11.5. The molecule has 7 rings (SSSR count). The van der Waals surface area contributed by atoms with Gasteiger partial charge in [0.15, 0.2) is 17.9 Å². The van der Waals surface area contributed by atoms with Gasteiger partial charge in [0.25, 0.3) is 0 Å². The van der Waals surface area contributed by atoms with Crippen molar-refractivity contribution in [2.75, 3.05) is 13.7 Å². The summed E-state index contributed by atoms with van der Waals surface area (Å²) in [6, 6.07) is 9.41. The minimum Gasteiger partial charge on any atom is -0.507 e. The lowest BCUT2D eigenvalue weighted by atomic mass is 9.72. The summed E-state index contributed by atoms with van der Waals surface area (Å²) in [5, 5.41) is 88.7. The predicted molar refractivity (Wildman–Crippen MR) is 200 cm³/mol. The summed E-state index contributed by atoms with van der Waals surface area (Å²) < 4.78 is 34.1. The van der Waals surface area contributed by atoms with Crippen molar-refractivity contribution in [3.63, 3.8) is 0 Å². The van der Waals surface area contributed by atoms with Gasteiger partial charge in [0.1, 0.15) is 65.7 Å². The van der Waals surface area contributed by atoms with Gasteiger partial charge in [0.2, 0.25) is 12.1 Å². The molecule has 0 saturated carbocycles. The molecule has 0 aromatic heterocycles. The number of methoxy groups -OCH3 is 1. The number of ketones is 3. The van der Waals surface area contributed by atoms with Crippen molar-refractivity contribution < 1.29 is 88.5 Å². The van der Waals surface area contributed by atoms with Crippen LogP contribution in [0.5, 0.6) is 23.0 Å². The number of aliphatic hydroxyl groups is 6. The first kappa shape index (κ1) is 42.9. The molecular weight excluding hydrogens is 794 g/mol. The Hall–Kier alpha value is -5.22. The number of Topliss-reactive ketones (excluding diaryl/α,β-unsaturated/α-hetero) is 1. The van der Waals surface area contributed by atoms with Crippen molar-refractivity contribution >= 4 is 23.4 Å². The van der Waals surface area contributed by atoms with E-state index < -0.39 is 139 Å². The van der Waals surface area contributed by atoms with Gasteiger partial charge in [-0.3, -0.25) is 14.4 Å². The van der Waals surface area contributed by atoms with Crippen molar-refractivity contribution in [3.05, 3.63) is 81.4 Å². The van der Waals surface area contributed by atoms with Gasteiger partial charge in [0.05, 0.1) is 48.7 Å². The van der Waals surface area contributed by atoms with Crippen LogP contribution >= 0.6 is 0 Å². The Labute approximate surface area is 341 Å². The highest BCUT2D eigenvalue weighted by atomic mass is 16.7. The number of carbonyl (C=O) groups is 4. The minimum absolute atomic E-state index is 0.0534. The number of amides is 1. The van der Waals surface area contributed by atoms with Gasteiger partial charge in [0, 0.05) is 41.5 Å². The first-order valence-electron chi connectivity index (χ1n) is 19.1. The number of carbonyl (C=O) groups excluding carboxylic acids is 4. The number of fused-ring (bicyclic) bond motifs is 3. The molecule has 11 atom stereocenters. The van der Waals surface area contributed by atoms with Crippen LogP contribution in [0, 0.1) is 0 Å². The Kier molecular flexibility index (Phi) is 11.9. The summed E-state index contributed by atoms with van der Waals surface area (Å²) >= 11 is 0. The number of ether oxygens (including phenoxy) is 6. The fourth-order valence-electron chi connectivity index (χ4n) is 8.13. The van der Waals surface area contributed by atoms with E-state index in [4.69, 9.17) is 28.4 Å². The van der Waals surface area contributed by atoms with E-state index >= 15 is 0 Å². The average Bonchev–Trinajstić information content (AvgIpc) is 3.22. The zero-order chi connectivity index (χ0) is 43.4. The summed E-state index contributed by atoms with van der Waals surface area (Å²) in [4.78, 5) is 53.8. The van der Waals surface area contributed by atoms with Crippen LogP contribution in [0.1, 0.15) is 81.3 Å². The van der Waals surface area contributed by atoms with Crippen molar-refractivity contribution in [3.8, 4) is 23.0 Å². The molecule has 9 N–H and O–H groups in total. The fraction of sp³-hybridized carbons (Fsp3) is 0.463. The molecule has 322 valence electrons. The van der Waals surface area contributed by atoms with Crippen LogP contribution in [0.3, 0.4) is 0 Å². The normalized spacial score (nSPS) is 31.0. The maximum Gasteiger partial charge on any atom is 0.407 e. The Morgan fingerprint density at radius 2 is 1.58 bits per heavy atom. The lowest BCUT2D eigenvalue weighted by Crippen LogP contribution is -2.60. The molecule has 2 fully saturated rings. The first-order chi connectivity index (χ1) is 28.5. The van der Waals surface area contributed by atoms with Crippen molar-refractivity contribution in [2.45, 2.75) is 107 Å². The molecule has 0 radical (unpaired) electrons. The molecule has 0 spiro atoms. The van der Waals surface area contributed by atoms with Crippen molar-refractivity contribution in [1.82, 2.24) is 5.32 Å². The maximum atomic E-state index is 14.0. The van der Waals surface area contributed by atoms with Gasteiger partial charge in [-0.15, -0.1) is 0 Å². The molecule has 2 aliphatic heterocycles. The highest BCUT2D eigenvalue weighted by molar-refractivity contribution is 6.31. The van der Waals surface area contributed by atoms with E-state index in [1.165, 1.54) is 44.4 Å². The largest absolute Gasteiger partial charge is 0.507 e. The summed E-state index contributed by atoms with van der Waals surface area (Å²) in [5.41, 5.74) is -3.51.